The molecule has 0 amide bonds. The SMILES string of the molecule is CCOC(C)n1cc(-c2ccc3nc(N)nn3c2C(C)C)cn1. The highest BCUT2D eigenvalue weighted by Crippen LogP contribution is 2.30. The molecule has 0 fully saturated rings. The van der Waals surface area contributed by atoms with Gasteiger partial charge in [-0.1, -0.05) is 13.8 Å². The molecule has 0 aliphatic rings. The van der Waals surface area contributed by atoms with Crippen molar-refractivity contribution in [2.24, 2.45) is 0 Å². The van der Waals surface area contributed by atoms with Crippen molar-refractivity contribution in [1.82, 2.24) is 24.4 Å². The third-order valence-electron chi connectivity index (χ3n) is 3.79. The number of ether oxygens (including phenoxy) is 1. The van der Waals surface area contributed by atoms with E-state index in [1.165, 1.54) is 0 Å². The summed E-state index contributed by atoms with van der Waals surface area (Å²) < 4.78 is 9.23. The van der Waals surface area contributed by atoms with Gasteiger partial charge in [0, 0.05) is 23.9 Å². The lowest BCUT2D eigenvalue weighted by atomic mass is 10.00. The number of pyridine rings is 1. The normalized spacial score (nSPS) is 13.1. The summed E-state index contributed by atoms with van der Waals surface area (Å²) >= 11 is 0. The van der Waals surface area contributed by atoms with Crippen molar-refractivity contribution >= 4 is 11.6 Å². The molecule has 3 rings (SSSR count). The van der Waals surface area contributed by atoms with E-state index in [1.807, 2.05) is 47.6 Å². The van der Waals surface area contributed by atoms with Gasteiger partial charge in [0.05, 0.1) is 11.9 Å². The summed E-state index contributed by atoms with van der Waals surface area (Å²) in [5.74, 6) is 0.548. The smallest absolute Gasteiger partial charge is 0.240 e. The predicted molar refractivity (Wildman–Crippen MR) is 89.0 cm³/mol. The molecule has 7 nitrogen and oxygen atoms in total. The fourth-order valence-electron chi connectivity index (χ4n) is 2.78. The fraction of sp³-hybridized carbons (Fsp3) is 0.438. The van der Waals surface area contributed by atoms with Crippen LogP contribution in [0.15, 0.2) is 24.5 Å². The molecule has 0 saturated heterocycles. The summed E-state index contributed by atoms with van der Waals surface area (Å²) in [4.78, 5) is 4.24. The van der Waals surface area contributed by atoms with Crippen LogP contribution in [0.25, 0.3) is 16.8 Å². The Bertz CT molecular complexity index is 819. The molecule has 0 aromatic carbocycles. The molecule has 3 aromatic heterocycles. The zero-order valence-corrected chi connectivity index (χ0v) is 13.9. The summed E-state index contributed by atoms with van der Waals surface area (Å²) in [5, 5.41) is 8.74. The number of anilines is 1. The molecule has 0 bridgehead atoms. The van der Waals surface area contributed by atoms with Crippen molar-refractivity contribution in [3.63, 3.8) is 0 Å². The van der Waals surface area contributed by atoms with Crippen LogP contribution in [0, 0.1) is 0 Å². The topological polar surface area (TPSA) is 83.3 Å². The Morgan fingerprint density at radius 3 is 2.74 bits per heavy atom. The van der Waals surface area contributed by atoms with Gasteiger partial charge in [-0.05, 0) is 31.9 Å². The molecule has 0 spiro atoms. The Kier molecular flexibility index (Phi) is 4.04. The van der Waals surface area contributed by atoms with Crippen molar-refractivity contribution in [2.75, 3.05) is 12.3 Å². The van der Waals surface area contributed by atoms with Crippen LogP contribution >= 0.6 is 0 Å². The second-order valence-electron chi connectivity index (χ2n) is 5.79. The average Bonchev–Trinajstić information content (AvgIpc) is 3.11. The van der Waals surface area contributed by atoms with Crippen LogP contribution in [0.5, 0.6) is 0 Å². The van der Waals surface area contributed by atoms with E-state index in [4.69, 9.17) is 10.5 Å². The van der Waals surface area contributed by atoms with E-state index in [-0.39, 0.29) is 18.1 Å². The van der Waals surface area contributed by atoms with Gasteiger partial charge in [0.15, 0.2) is 5.65 Å². The third-order valence-corrected chi connectivity index (χ3v) is 3.79. The van der Waals surface area contributed by atoms with Crippen LogP contribution in [-0.2, 0) is 4.74 Å². The predicted octanol–water partition coefficient (Wildman–Crippen LogP) is 2.85. The van der Waals surface area contributed by atoms with Gasteiger partial charge in [-0.15, -0.1) is 5.10 Å². The lowest BCUT2D eigenvalue weighted by Crippen LogP contribution is -2.09. The van der Waals surface area contributed by atoms with Crippen molar-refractivity contribution in [2.45, 2.75) is 39.8 Å². The first kappa shape index (κ1) is 15.5. The van der Waals surface area contributed by atoms with Gasteiger partial charge in [0.25, 0.3) is 0 Å². The van der Waals surface area contributed by atoms with Crippen LogP contribution in [0.4, 0.5) is 5.95 Å². The minimum atomic E-state index is -0.0954. The Morgan fingerprint density at radius 2 is 2.04 bits per heavy atom. The Morgan fingerprint density at radius 1 is 1.26 bits per heavy atom. The molecule has 23 heavy (non-hydrogen) atoms. The Balaban J connectivity index is 2.10. The minimum Gasteiger partial charge on any atom is -0.366 e. The zero-order chi connectivity index (χ0) is 16.6. The molecule has 0 aliphatic heterocycles. The monoisotopic (exact) mass is 314 g/mol. The van der Waals surface area contributed by atoms with E-state index in [0.717, 1.165) is 22.5 Å². The van der Waals surface area contributed by atoms with Gasteiger partial charge in [-0.2, -0.15) is 10.1 Å². The number of hydrogen-bond donors (Lipinski definition) is 1. The largest absolute Gasteiger partial charge is 0.366 e. The molecule has 0 saturated carbocycles. The molecule has 3 heterocycles. The van der Waals surface area contributed by atoms with Crippen LogP contribution in [0.3, 0.4) is 0 Å². The Labute approximate surface area is 135 Å². The highest BCUT2D eigenvalue weighted by molar-refractivity contribution is 5.68. The molecular formula is C16H22N6O. The first-order valence-corrected chi connectivity index (χ1v) is 7.82. The highest BCUT2D eigenvalue weighted by atomic mass is 16.5. The molecule has 1 atom stereocenters. The average molecular weight is 314 g/mol. The van der Waals surface area contributed by atoms with Crippen LogP contribution < -0.4 is 5.73 Å². The van der Waals surface area contributed by atoms with Crippen molar-refractivity contribution in [3.8, 4) is 11.1 Å². The molecule has 3 aromatic rings. The lowest BCUT2D eigenvalue weighted by Gasteiger charge is -2.13. The van der Waals surface area contributed by atoms with E-state index >= 15 is 0 Å². The maximum atomic E-state index is 5.75. The first-order valence-electron chi connectivity index (χ1n) is 7.82. The maximum Gasteiger partial charge on any atom is 0.240 e. The first-order chi connectivity index (χ1) is 11.0. The third kappa shape index (κ3) is 2.79. The zero-order valence-electron chi connectivity index (χ0n) is 13.9. The molecule has 122 valence electrons. The second kappa shape index (κ2) is 6.00. The van der Waals surface area contributed by atoms with Gasteiger partial charge in [0.2, 0.25) is 5.95 Å². The minimum absolute atomic E-state index is 0.0954. The van der Waals surface area contributed by atoms with Crippen LogP contribution in [0.2, 0.25) is 0 Å². The molecular weight excluding hydrogens is 292 g/mol. The number of rotatable bonds is 5. The van der Waals surface area contributed by atoms with Gasteiger partial charge < -0.3 is 10.5 Å². The van der Waals surface area contributed by atoms with Crippen LogP contribution in [-0.4, -0.2) is 31.0 Å². The van der Waals surface area contributed by atoms with Crippen molar-refractivity contribution in [1.29, 1.82) is 0 Å². The second-order valence-corrected chi connectivity index (χ2v) is 5.79. The summed E-state index contributed by atoms with van der Waals surface area (Å²) in [7, 11) is 0. The van der Waals surface area contributed by atoms with E-state index < -0.39 is 0 Å². The van der Waals surface area contributed by atoms with E-state index in [0.29, 0.717) is 6.61 Å². The maximum absolute atomic E-state index is 5.75. The number of hydrogen-bond acceptors (Lipinski definition) is 5. The standard InChI is InChI=1S/C16H22N6O/c1-5-23-11(4)21-9-12(8-18-21)13-6-7-14-19-16(17)20-22(14)15(13)10(2)3/h6-11H,5H2,1-4H3,(H2,17,20). The molecule has 1 unspecified atom stereocenters. The summed E-state index contributed by atoms with van der Waals surface area (Å²) in [6, 6.07) is 3.97. The van der Waals surface area contributed by atoms with E-state index in [2.05, 4.69) is 29.0 Å². The van der Waals surface area contributed by atoms with Gasteiger partial charge in [-0.25, -0.2) is 9.20 Å². The highest BCUT2D eigenvalue weighted by Gasteiger charge is 2.17. The number of aromatic nitrogens is 5. The van der Waals surface area contributed by atoms with Crippen molar-refractivity contribution in [3.05, 3.63) is 30.2 Å². The summed E-state index contributed by atoms with van der Waals surface area (Å²) in [6.45, 7) is 8.86. The molecule has 7 heteroatoms. The van der Waals surface area contributed by atoms with Crippen LogP contribution in [0.1, 0.15) is 45.5 Å². The van der Waals surface area contributed by atoms with Gasteiger partial charge in [-0.3, -0.25) is 0 Å². The quantitative estimate of drug-likeness (QED) is 0.783. The van der Waals surface area contributed by atoms with E-state index in [9.17, 15) is 0 Å². The van der Waals surface area contributed by atoms with Gasteiger partial charge >= 0.3 is 0 Å². The summed E-state index contributed by atoms with van der Waals surface area (Å²) in [6.07, 6.45) is 3.75. The molecule has 0 radical (unpaired) electrons. The molecule has 2 N–H and O–H groups in total. The van der Waals surface area contributed by atoms with Gasteiger partial charge in [0.1, 0.15) is 6.23 Å². The van der Waals surface area contributed by atoms with Crippen molar-refractivity contribution < 1.29 is 4.74 Å². The fourth-order valence-corrected chi connectivity index (χ4v) is 2.78. The lowest BCUT2D eigenvalue weighted by molar-refractivity contribution is 0.0160. The number of nitrogens with zero attached hydrogens (tertiary/aromatic N) is 5. The number of fused-ring (bicyclic) bond motifs is 1. The van der Waals surface area contributed by atoms with E-state index in [1.54, 1.807) is 0 Å². The Hall–Kier alpha value is -2.41. The number of nitrogen functional groups attached to an aromatic ring is 1. The molecule has 0 aliphatic carbocycles. The number of nitrogens with two attached hydrogens (primary N) is 1. The summed E-state index contributed by atoms with van der Waals surface area (Å²) in [5.41, 5.74) is 9.67.